The smallest absolute Gasteiger partial charge is 0.165 e. The Morgan fingerprint density at radius 2 is 1.89 bits per heavy atom. The van der Waals surface area contributed by atoms with Gasteiger partial charge in [-0.1, -0.05) is 24.3 Å². The van der Waals surface area contributed by atoms with Crippen molar-refractivity contribution in [2.45, 2.75) is 57.0 Å². The van der Waals surface area contributed by atoms with Gasteiger partial charge in [-0.25, -0.2) is 19.3 Å². The van der Waals surface area contributed by atoms with Crippen molar-refractivity contribution in [2.75, 3.05) is 23.7 Å². The van der Waals surface area contributed by atoms with E-state index in [1.807, 2.05) is 49.7 Å². The lowest BCUT2D eigenvalue weighted by Gasteiger charge is -2.36. The van der Waals surface area contributed by atoms with Crippen molar-refractivity contribution in [3.8, 4) is 0 Å². The van der Waals surface area contributed by atoms with Crippen LogP contribution in [0.3, 0.4) is 0 Å². The number of pyridine rings is 2. The molecule has 2 fully saturated rings. The molecule has 3 aromatic heterocycles. The number of fused-ring (bicyclic) bond motifs is 1. The normalized spacial score (nSPS) is 20.9. The summed E-state index contributed by atoms with van der Waals surface area (Å²) in [4.78, 5) is 18.8. The number of nitrogens with zero attached hydrogens (tertiary/aromatic N) is 4. The van der Waals surface area contributed by atoms with Crippen molar-refractivity contribution in [3.63, 3.8) is 0 Å². The second kappa shape index (κ2) is 9.67. The highest BCUT2D eigenvalue weighted by molar-refractivity contribution is 5.94. The van der Waals surface area contributed by atoms with Gasteiger partial charge in [0, 0.05) is 28.9 Å². The average molecular weight is 498 g/mol. The summed E-state index contributed by atoms with van der Waals surface area (Å²) in [7, 11) is 0. The molecular formula is C29H32FN7. The van der Waals surface area contributed by atoms with Crippen molar-refractivity contribution in [1.29, 1.82) is 0 Å². The zero-order valence-corrected chi connectivity index (χ0v) is 21.3. The van der Waals surface area contributed by atoms with E-state index in [2.05, 4.69) is 32.8 Å². The SMILES string of the molecule is Cc1cnc(NC2C=CC=CC(c3nc(NC4(C)CCNCC4)c4c(C5CC5)cncc4n3)=C2)c(F)c1. The Morgan fingerprint density at radius 3 is 2.68 bits per heavy atom. The van der Waals surface area contributed by atoms with E-state index in [9.17, 15) is 4.39 Å². The Morgan fingerprint density at radius 1 is 1.05 bits per heavy atom. The van der Waals surface area contributed by atoms with Gasteiger partial charge < -0.3 is 16.0 Å². The molecule has 2 aliphatic carbocycles. The Labute approximate surface area is 216 Å². The van der Waals surface area contributed by atoms with E-state index in [1.165, 1.54) is 24.5 Å². The third kappa shape index (κ3) is 5.11. The fourth-order valence-corrected chi connectivity index (χ4v) is 5.11. The largest absolute Gasteiger partial charge is 0.364 e. The summed E-state index contributed by atoms with van der Waals surface area (Å²) in [6.45, 7) is 6.06. The summed E-state index contributed by atoms with van der Waals surface area (Å²) in [5.74, 6) is 1.86. The van der Waals surface area contributed by atoms with Crippen LogP contribution in [0.5, 0.6) is 0 Å². The van der Waals surface area contributed by atoms with Crippen molar-refractivity contribution in [2.24, 2.45) is 0 Å². The summed E-state index contributed by atoms with van der Waals surface area (Å²) in [5, 5.41) is 11.6. The zero-order chi connectivity index (χ0) is 25.4. The Bertz CT molecular complexity index is 1420. The topological polar surface area (TPSA) is 87.7 Å². The lowest BCUT2D eigenvalue weighted by atomic mass is 9.90. The van der Waals surface area contributed by atoms with Crippen LogP contribution in [0.2, 0.25) is 0 Å². The standard InChI is InChI=1S/C29H32FN7/c1-18-13-23(30)27(33-15-18)34-21-6-4-3-5-20(14-21)26-35-24-17-32-16-22(19-7-8-19)25(24)28(36-26)37-29(2)9-11-31-12-10-29/h3-6,13-17,19,21,31H,7-12H2,1-2H3,(H,33,34)(H,35,36,37). The first kappa shape index (κ1) is 23.7. The van der Waals surface area contributed by atoms with Crippen LogP contribution in [0.4, 0.5) is 16.0 Å². The van der Waals surface area contributed by atoms with Gasteiger partial charge in [0.1, 0.15) is 5.82 Å². The Hall–Kier alpha value is -3.65. The number of aryl methyl sites for hydroxylation is 1. The quantitative estimate of drug-likeness (QED) is 0.427. The molecule has 7 nitrogen and oxygen atoms in total. The summed E-state index contributed by atoms with van der Waals surface area (Å²) < 4.78 is 14.5. The fourth-order valence-electron chi connectivity index (χ4n) is 5.11. The van der Waals surface area contributed by atoms with E-state index in [1.54, 1.807) is 6.20 Å². The van der Waals surface area contributed by atoms with Gasteiger partial charge in [0.2, 0.25) is 0 Å². The molecule has 0 aromatic carbocycles. The molecule has 37 heavy (non-hydrogen) atoms. The second-order valence-corrected chi connectivity index (χ2v) is 10.6. The van der Waals surface area contributed by atoms with E-state index in [0.29, 0.717) is 11.7 Å². The number of allylic oxidation sites excluding steroid dienone is 4. The van der Waals surface area contributed by atoms with E-state index in [-0.39, 0.29) is 23.2 Å². The van der Waals surface area contributed by atoms with Crippen molar-refractivity contribution in [3.05, 3.63) is 77.8 Å². The predicted molar refractivity (Wildman–Crippen MR) is 146 cm³/mol. The maximum absolute atomic E-state index is 14.5. The molecule has 1 saturated carbocycles. The maximum Gasteiger partial charge on any atom is 0.165 e. The van der Waals surface area contributed by atoms with Crippen molar-refractivity contribution < 1.29 is 4.39 Å². The number of anilines is 2. The number of hydrogen-bond donors (Lipinski definition) is 3. The molecule has 1 atom stereocenters. The third-order valence-electron chi connectivity index (χ3n) is 7.38. The summed E-state index contributed by atoms with van der Waals surface area (Å²) >= 11 is 0. The summed E-state index contributed by atoms with van der Waals surface area (Å²) in [5.41, 5.74) is 3.66. The third-order valence-corrected chi connectivity index (χ3v) is 7.38. The molecule has 6 rings (SSSR count). The number of hydrogen-bond acceptors (Lipinski definition) is 7. The van der Waals surface area contributed by atoms with Gasteiger partial charge in [0.05, 0.1) is 17.8 Å². The van der Waals surface area contributed by atoms with Crippen LogP contribution in [0, 0.1) is 12.7 Å². The molecule has 8 heteroatoms. The van der Waals surface area contributed by atoms with Crippen LogP contribution in [0.25, 0.3) is 16.5 Å². The molecule has 3 aliphatic rings. The summed E-state index contributed by atoms with van der Waals surface area (Å²) in [6.07, 6.45) is 19.7. The molecular weight excluding hydrogens is 465 g/mol. The first-order chi connectivity index (χ1) is 18.0. The molecule has 0 amide bonds. The van der Waals surface area contributed by atoms with Crippen molar-refractivity contribution >= 4 is 28.1 Å². The van der Waals surface area contributed by atoms with E-state index < -0.39 is 0 Å². The van der Waals surface area contributed by atoms with Gasteiger partial charge in [0.25, 0.3) is 0 Å². The minimum Gasteiger partial charge on any atom is -0.364 e. The van der Waals surface area contributed by atoms with Crippen molar-refractivity contribution in [1.82, 2.24) is 25.3 Å². The fraction of sp³-hybridized carbons (Fsp3) is 0.379. The van der Waals surface area contributed by atoms with Crippen LogP contribution in [-0.4, -0.2) is 44.6 Å². The van der Waals surface area contributed by atoms with Gasteiger partial charge in [-0.15, -0.1) is 0 Å². The number of halogens is 1. The monoisotopic (exact) mass is 497 g/mol. The maximum atomic E-state index is 14.5. The molecule has 0 radical (unpaired) electrons. The van der Waals surface area contributed by atoms with Gasteiger partial charge in [0.15, 0.2) is 17.5 Å². The molecule has 3 N–H and O–H groups in total. The first-order valence-corrected chi connectivity index (χ1v) is 13.1. The lowest BCUT2D eigenvalue weighted by Crippen LogP contribution is -2.45. The highest BCUT2D eigenvalue weighted by Gasteiger charge is 2.31. The Kier molecular flexibility index (Phi) is 6.20. The van der Waals surface area contributed by atoms with Gasteiger partial charge in [-0.3, -0.25) is 4.98 Å². The second-order valence-electron chi connectivity index (χ2n) is 10.6. The van der Waals surface area contributed by atoms with Gasteiger partial charge in [-0.05, 0) is 81.8 Å². The number of rotatable bonds is 6. The zero-order valence-electron chi connectivity index (χ0n) is 21.3. The van der Waals surface area contributed by atoms with Crippen LogP contribution in [0.15, 0.2) is 55.0 Å². The highest BCUT2D eigenvalue weighted by Crippen LogP contribution is 2.44. The predicted octanol–water partition coefficient (Wildman–Crippen LogP) is 5.29. The number of aromatic nitrogens is 4. The first-order valence-electron chi connectivity index (χ1n) is 13.1. The number of piperidine rings is 1. The molecule has 4 heterocycles. The minimum atomic E-state index is -0.372. The molecule has 190 valence electrons. The lowest BCUT2D eigenvalue weighted by molar-refractivity contribution is 0.364. The van der Waals surface area contributed by atoms with E-state index in [0.717, 1.165) is 53.8 Å². The van der Waals surface area contributed by atoms with E-state index >= 15 is 0 Å². The molecule has 1 aliphatic heterocycles. The van der Waals surface area contributed by atoms with Crippen LogP contribution >= 0.6 is 0 Å². The highest BCUT2D eigenvalue weighted by atomic mass is 19.1. The molecule has 1 saturated heterocycles. The molecule has 0 bridgehead atoms. The molecule has 3 aromatic rings. The summed E-state index contributed by atoms with van der Waals surface area (Å²) in [6, 6.07) is 1.21. The van der Waals surface area contributed by atoms with Crippen LogP contribution in [-0.2, 0) is 0 Å². The van der Waals surface area contributed by atoms with Crippen LogP contribution in [0.1, 0.15) is 55.5 Å². The average Bonchev–Trinajstić information content (AvgIpc) is 3.73. The van der Waals surface area contributed by atoms with Gasteiger partial charge in [-0.2, -0.15) is 0 Å². The molecule has 1 unspecified atom stereocenters. The Balaban J connectivity index is 1.40. The van der Waals surface area contributed by atoms with Gasteiger partial charge >= 0.3 is 0 Å². The van der Waals surface area contributed by atoms with E-state index in [4.69, 9.17) is 9.97 Å². The molecule has 0 spiro atoms. The number of nitrogens with one attached hydrogen (secondary N) is 3. The van der Waals surface area contributed by atoms with Crippen LogP contribution < -0.4 is 16.0 Å². The minimum absolute atomic E-state index is 0.0537.